The van der Waals surface area contributed by atoms with E-state index in [1.807, 2.05) is 0 Å². The van der Waals surface area contributed by atoms with Gasteiger partial charge in [0.15, 0.2) is 5.75 Å². The van der Waals surface area contributed by atoms with Gasteiger partial charge in [-0.05, 0) is 31.8 Å². The summed E-state index contributed by atoms with van der Waals surface area (Å²) in [5, 5.41) is 58.2. The lowest BCUT2D eigenvalue weighted by molar-refractivity contribution is -0.155. The number of benzene rings is 2. The van der Waals surface area contributed by atoms with Crippen LogP contribution in [-0.2, 0) is 23.8 Å². The lowest BCUT2D eigenvalue weighted by Crippen LogP contribution is -2.45. The summed E-state index contributed by atoms with van der Waals surface area (Å²) in [6, 6.07) is 1.06. The molecule has 0 radical (unpaired) electrons. The molecule has 0 fully saturated rings. The van der Waals surface area contributed by atoms with Gasteiger partial charge in [-0.2, -0.15) is 0 Å². The van der Waals surface area contributed by atoms with Gasteiger partial charge in [-0.15, -0.1) is 0 Å². The highest BCUT2D eigenvalue weighted by atomic mass is 16.7. The Labute approximate surface area is 290 Å². The van der Waals surface area contributed by atoms with Crippen molar-refractivity contribution in [2.24, 2.45) is 29.6 Å². The fraction of sp³-hybridized carbons (Fsp3) is 0.486. The van der Waals surface area contributed by atoms with Crippen LogP contribution in [0.5, 0.6) is 23.0 Å². The third-order valence-electron chi connectivity index (χ3n) is 10.1. The van der Waals surface area contributed by atoms with E-state index in [4.69, 9.17) is 18.9 Å². The van der Waals surface area contributed by atoms with E-state index >= 15 is 0 Å². The quantitative estimate of drug-likeness (QED) is 0.145. The molecule has 13 nitrogen and oxygen atoms in total. The molecule has 0 aliphatic carbocycles. The van der Waals surface area contributed by atoms with E-state index in [-0.39, 0.29) is 38.9 Å². The number of phenols is 3. The van der Waals surface area contributed by atoms with Crippen LogP contribution in [0.1, 0.15) is 57.5 Å². The van der Waals surface area contributed by atoms with Crippen LogP contribution in [0.25, 0.3) is 10.8 Å². The SMILES string of the molecule is COC(=O)[C@H]1[C@@H](C)[C@@H](O)[C@@H](C)[C@@H](O)[C@@H](C)/C=C/C=C(/C)C(=O)Nc2cc(O)c3c4c(c(C)c(O)c3c2O)O[C@](C)(O/C=C/[C@@H](OC)[C@H]1C)C4=O. The smallest absolute Gasteiger partial charge is 0.312 e. The Morgan fingerprint density at radius 1 is 0.920 bits per heavy atom. The van der Waals surface area contributed by atoms with Crippen molar-refractivity contribution >= 4 is 34.1 Å². The minimum atomic E-state index is -1.99. The number of amides is 1. The van der Waals surface area contributed by atoms with E-state index < -0.39 is 88.6 Å². The third-order valence-corrected chi connectivity index (χ3v) is 10.1. The number of nitrogens with one attached hydrogen (secondary N) is 1. The van der Waals surface area contributed by atoms with Gasteiger partial charge in [0.05, 0.1) is 54.2 Å². The van der Waals surface area contributed by atoms with Gasteiger partial charge in [-0.25, -0.2) is 0 Å². The molecule has 0 spiro atoms. The van der Waals surface area contributed by atoms with Crippen LogP contribution in [-0.4, -0.2) is 81.5 Å². The van der Waals surface area contributed by atoms with Crippen molar-refractivity contribution in [3.05, 3.63) is 53.3 Å². The van der Waals surface area contributed by atoms with Crippen molar-refractivity contribution in [3.63, 3.8) is 0 Å². The first kappa shape index (κ1) is 38.2. The first-order valence-electron chi connectivity index (χ1n) is 16.4. The van der Waals surface area contributed by atoms with Gasteiger partial charge in [-0.1, -0.05) is 45.9 Å². The molecule has 50 heavy (non-hydrogen) atoms. The van der Waals surface area contributed by atoms with Crippen LogP contribution in [0.4, 0.5) is 5.69 Å². The van der Waals surface area contributed by atoms with E-state index in [0.717, 1.165) is 6.07 Å². The number of aromatic hydroxyl groups is 3. The molecule has 13 heteroatoms. The number of aliphatic hydroxyl groups excluding tert-OH is 2. The molecule has 2 aromatic rings. The second-order valence-electron chi connectivity index (χ2n) is 13.4. The molecular weight excluding hydrogens is 650 g/mol. The Morgan fingerprint density at radius 2 is 1.58 bits per heavy atom. The predicted molar refractivity (Wildman–Crippen MR) is 184 cm³/mol. The van der Waals surface area contributed by atoms with Crippen molar-refractivity contribution in [2.45, 2.75) is 72.6 Å². The molecule has 5 rings (SSSR count). The molecule has 0 aromatic heterocycles. The Kier molecular flexibility index (Phi) is 11.2. The van der Waals surface area contributed by atoms with Crippen molar-refractivity contribution in [2.75, 3.05) is 19.5 Å². The average Bonchev–Trinajstić information content (AvgIpc) is 3.34. The number of phenolic OH excluding ortho intramolecular Hbond substituents is 3. The molecule has 3 heterocycles. The molecule has 2 aromatic carbocycles. The van der Waals surface area contributed by atoms with Crippen molar-refractivity contribution in [1.29, 1.82) is 0 Å². The predicted octanol–water partition coefficient (Wildman–Crippen LogP) is 4.61. The number of allylic oxidation sites excluding steroid dienone is 2. The zero-order valence-electron chi connectivity index (χ0n) is 29.7. The maximum atomic E-state index is 13.9. The van der Waals surface area contributed by atoms with Crippen LogP contribution < -0.4 is 10.1 Å². The summed E-state index contributed by atoms with van der Waals surface area (Å²) in [4.78, 5) is 40.2. The number of methoxy groups -OCH3 is 2. The number of hydrogen-bond donors (Lipinski definition) is 6. The minimum absolute atomic E-state index is 0.0736. The van der Waals surface area contributed by atoms with Gasteiger partial charge in [0.25, 0.3) is 11.7 Å². The van der Waals surface area contributed by atoms with Crippen LogP contribution >= 0.6 is 0 Å². The number of Topliss-reactive ketones (excluding diaryl/α,β-unsaturated/α-hetero) is 1. The summed E-state index contributed by atoms with van der Waals surface area (Å²) in [6.45, 7) is 11.2. The van der Waals surface area contributed by atoms with Gasteiger partial charge >= 0.3 is 11.8 Å². The molecule has 272 valence electrons. The number of ketones is 1. The number of carbonyl (C=O) groups excluding carboxylic acids is 3. The minimum Gasteiger partial charge on any atom is -0.507 e. The highest BCUT2D eigenvalue weighted by molar-refractivity contribution is 6.21. The van der Waals surface area contributed by atoms with Crippen LogP contribution in [0.3, 0.4) is 0 Å². The number of esters is 1. The topological polar surface area (TPSA) is 201 Å². The second-order valence-corrected chi connectivity index (χ2v) is 13.4. The standard InChI is InChI=1S/C37H47NO12/c1-16-11-10-12-17(2)35(45)38-22-15-23(39)26-27(32(22)43)31(42)21(6)33-28(26)34(44)37(7,50-33)49-14-13-24(47-8)18(3)25(36(46)48-9)19(4)30(41)20(5)29(16)40/h10-16,18-20,24-25,29-30,39-43H,1-9H3,(H,38,45)/b11-10+,14-13+,17-12-/t16-,18+,19+,20-,24+,25+,29-,30+,37-/m0/s1. The maximum Gasteiger partial charge on any atom is 0.312 e. The summed E-state index contributed by atoms with van der Waals surface area (Å²) in [5.41, 5.74) is -0.105. The third kappa shape index (κ3) is 6.77. The lowest BCUT2D eigenvalue weighted by atomic mass is 9.73. The molecule has 1 amide bonds. The van der Waals surface area contributed by atoms with Gasteiger partial charge in [0.2, 0.25) is 0 Å². The van der Waals surface area contributed by atoms with Crippen molar-refractivity contribution in [3.8, 4) is 23.0 Å². The molecular formula is C37H47NO12. The molecule has 3 aliphatic rings. The number of fused-ring (bicyclic) bond motifs is 14. The van der Waals surface area contributed by atoms with Crippen LogP contribution in [0, 0.1) is 36.5 Å². The molecule has 5 bridgehead atoms. The Balaban J connectivity index is 1.88. The first-order chi connectivity index (χ1) is 23.4. The van der Waals surface area contributed by atoms with Gasteiger partial charge in [0, 0.05) is 48.5 Å². The van der Waals surface area contributed by atoms with Crippen molar-refractivity contribution < 1.29 is 58.9 Å². The monoisotopic (exact) mass is 697 g/mol. The number of anilines is 1. The average molecular weight is 698 g/mol. The molecule has 0 unspecified atom stereocenters. The summed E-state index contributed by atoms with van der Waals surface area (Å²) in [7, 11) is 2.66. The Morgan fingerprint density at radius 3 is 2.20 bits per heavy atom. The summed E-state index contributed by atoms with van der Waals surface area (Å²) in [6.07, 6.45) is 4.39. The first-order valence-corrected chi connectivity index (χ1v) is 16.4. The van der Waals surface area contributed by atoms with E-state index in [2.05, 4.69) is 5.32 Å². The highest BCUT2D eigenvalue weighted by Crippen LogP contribution is 2.53. The largest absolute Gasteiger partial charge is 0.507 e. The highest BCUT2D eigenvalue weighted by Gasteiger charge is 2.49. The zero-order chi connectivity index (χ0) is 37.4. The summed E-state index contributed by atoms with van der Waals surface area (Å²) >= 11 is 0. The van der Waals surface area contributed by atoms with Crippen molar-refractivity contribution in [1.82, 2.24) is 0 Å². The number of hydrogen-bond acceptors (Lipinski definition) is 12. The van der Waals surface area contributed by atoms with E-state index in [1.165, 1.54) is 53.4 Å². The van der Waals surface area contributed by atoms with Gasteiger partial charge in [-0.3, -0.25) is 14.4 Å². The Hall–Kier alpha value is -4.59. The zero-order valence-corrected chi connectivity index (χ0v) is 29.7. The number of rotatable bonds is 2. The molecule has 3 aliphatic heterocycles. The lowest BCUT2D eigenvalue weighted by Gasteiger charge is -2.37. The Bertz CT molecular complexity index is 1760. The maximum absolute atomic E-state index is 13.9. The number of ether oxygens (including phenoxy) is 4. The van der Waals surface area contributed by atoms with Crippen LogP contribution in [0.2, 0.25) is 0 Å². The van der Waals surface area contributed by atoms with Gasteiger partial charge in [0.1, 0.15) is 17.2 Å². The van der Waals surface area contributed by atoms with Gasteiger partial charge < -0.3 is 49.8 Å². The normalized spacial score (nSPS) is 33.2. The van der Waals surface area contributed by atoms with E-state index in [9.17, 15) is 39.9 Å². The number of carbonyl (C=O) groups is 3. The fourth-order valence-corrected chi connectivity index (χ4v) is 6.84. The summed E-state index contributed by atoms with van der Waals surface area (Å²) in [5.74, 6) is -9.04. The second kappa shape index (κ2) is 14.7. The number of aliphatic hydroxyl groups is 2. The molecule has 0 saturated carbocycles. The van der Waals surface area contributed by atoms with E-state index in [0.29, 0.717) is 0 Å². The molecule has 9 atom stereocenters. The summed E-state index contributed by atoms with van der Waals surface area (Å²) < 4.78 is 22.6. The van der Waals surface area contributed by atoms with Crippen LogP contribution in [0.15, 0.2) is 42.2 Å². The molecule has 0 saturated heterocycles. The fourth-order valence-electron chi connectivity index (χ4n) is 6.84. The molecule has 6 N–H and O–H groups in total. The van der Waals surface area contributed by atoms with E-state index in [1.54, 1.807) is 39.8 Å².